The largest absolute Gasteiger partial charge is 0.458 e. The third-order valence-corrected chi connectivity index (χ3v) is 11.7. The van der Waals surface area contributed by atoms with Gasteiger partial charge in [-0.15, -0.1) is 0 Å². The van der Waals surface area contributed by atoms with Crippen LogP contribution in [0.15, 0.2) is 176 Å². The van der Waals surface area contributed by atoms with Gasteiger partial charge in [0, 0.05) is 27.6 Å². The molecule has 0 N–H and O–H groups in total. The molecule has 0 fully saturated rings. The average Bonchev–Trinajstić information content (AvgIpc) is 3.91. The van der Waals surface area contributed by atoms with Crippen LogP contribution >= 0.6 is 0 Å². The van der Waals surface area contributed by atoms with Gasteiger partial charge in [0.25, 0.3) is 6.71 Å². The number of ether oxygens (including phenoxy) is 2. The molecular weight excluding hydrogens is 687 g/mol. The van der Waals surface area contributed by atoms with E-state index in [0.29, 0.717) is 0 Å². The van der Waals surface area contributed by atoms with Gasteiger partial charge in [-0.1, -0.05) is 97.1 Å². The first-order valence-electron chi connectivity index (χ1n) is 19.0. The van der Waals surface area contributed by atoms with Gasteiger partial charge in [0.2, 0.25) is 5.78 Å². The predicted molar refractivity (Wildman–Crippen MR) is 227 cm³/mol. The minimum absolute atomic E-state index is 0.0385. The maximum Gasteiger partial charge on any atom is 0.260 e. The zero-order valence-electron chi connectivity index (χ0n) is 29.9. The Hall–Kier alpha value is -7.51. The molecule has 0 unspecified atom stereocenters. The highest BCUT2D eigenvalue weighted by Crippen LogP contribution is 2.41. The van der Waals surface area contributed by atoms with E-state index in [-0.39, 0.29) is 6.71 Å². The van der Waals surface area contributed by atoms with Gasteiger partial charge in [0.1, 0.15) is 28.5 Å². The van der Waals surface area contributed by atoms with Crippen molar-refractivity contribution in [3.8, 4) is 45.5 Å². The molecular formula is C49H29BN4O2. The lowest BCUT2D eigenvalue weighted by Crippen LogP contribution is -2.57. The zero-order valence-corrected chi connectivity index (χ0v) is 29.9. The van der Waals surface area contributed by atoms with Crippen molar-refractivity contribution < 1.29 is 9.47 Å². The Balaban J connectivity index is 1.04. The van der Waals surface area contributed by atoms with Crippen LogP contribution in [-0.4, -0.2) is 25.2 Å². The molecule has 0 aliphatic carbocycles. The first-order valence-corrected chi connectivity index (χ1v) is 19.0. The summed E-state index contributed by atoms with van der Waals surface area (Å²) in [5, 5.41) is 2.35. The Morgan fingerprint density at radius 3 is 1.84 bits per heavy atom. The first-order chi connectivity index (χ1) is 27.8. The molecule has 0 amide bonds. The van der Waals surface area contributed by atoms with E-state index in [4.69, 9.17) is 14.5 Å². The van der Waals surface area contributed by atoms with Crippen LogP contribution in [-0.2, 0) is 0 Å². The van der Waals surface area contributed by atoms with Crippen LogP contribution in [0.4, 0.5) is 0 Å². The smallest absolute Gasteiger partial charge is 0.260 e. The molecule has 7 heteroatoms. The van der Waals surface area contributed by atoms with Crippen LogP contribution < -0.4 is 25.9 Å². The normalized spacial score (nSPS) is 12.9. The summed E-state index contributed by atoms with van der Waals surface area (Å²) in [5.41, 5.74) is 14.1. The van der Waals surface area contributed by atoms with Gasteiger partial charge < -0.3 is 14.0 Å². The highest BCUT2D eigenvalue weighted by atomic mass is 16.5. The second-order valence-electron chi connectivity index (χ2n) is 14.7. The minimum atomic E-state index is 0.0385. The quantitative estimate of drug-likeness (QED) is 0.171. The van der Waals surface area contributed by atoms with Crippen molar-refractivity contribution in [1.82, 2.24) is 18.5 Å². The number of nitrogens with zero attached hydrogens (tertiary/aromatic N) is 4. The fourth-order valence-corrected chi connectivity index (χ4v) is 9.40. The fraction of sp³-hybridized carbons (Fsp3) is 0. The number of benzene rings is 8. The Bertz CT molecular complexity index is 3380. The van der Waals surface area contributed by atoms with E-state index < -0.39 is 0 Å². The van der Waals surface area contributed by atoms with Crippen molar-refractivity contribution in [3.63, 3.8) is 0 Å². The van der Waals surface area contributed by atoms with Crippen molar-refractivity contribution in [3.05, 3.63) is 176 Å². The summed E-state index contributed by atoms with van der Waals surface area (Å²) in [7, 11) is 0. The number of hydrogen-bond donors (Lipinski definition) is 0. The molecule has 56 heavy (non-hydrogen) atoms. The summed E-state index contributed by atoms with van der Waals surface area (Å²) in [4.78, 5) is 5.51. The predicted octanol–water partition coefficient (Wildman–Crippen LogP) is 9.92. The monoisotopic (exact) mass is 716 g/mol. The summed E-state index contributed by atoms with van der Waals surface area (Å²) in [5.74, 6) is 4.31. The molecule has 8 aromatic carbocycles. The lowest BCUT2D eigenvalue weighted by atomic mass is 9.35. The van der Waals surface area contributed by atoms with Gasteiger partial charge in [-0.3, -0.25) is 8.97 Å². The average molecular weight is 717 g/mol. The minimum Gasteiger partial charge on any atom is -0.458 e. The Morgan fingerprint density at radius 1 is 0.429 bits per heavy atom. The van der Waals surface area contributed by atoms with Gasteiger partial charge in [-0.2, -0.15) is 0 Å². The highest BCUT2D eigenvalue weighted by molar-refractivity contribution is 6.98. The van der Waals surface area contributed by atoms with Gasteiger partial charge >= 0.3 is 0 Å². The second kappa shape index (κ2) is 11.0. The number of fused-ring (bicyclic) bond motifs is 13. The van der Waals surface area contributed by atoms with Crippen molar-refractivity contribution in [2.75, 3.05) is 0 Å². The molecule has 11 aromatic rings. The Morgan fingerprint density at radius 2 is 1.07 bits per heavy atom. The van der Waals surface area contributed by atoms with E-state index in [0.717, 1.165) is 101 Å². The zero-order chi connectivity index (χ0) is 36.5. The number of para-hydroxylation sites is 6. The van der Waals surface area contributed by atoms with E-state index in [1.807, 2.05) is 12.1 Å². The molecule has 5 heterocycles. The molecule has 0 saturated heterocycles. The molecule has 0 radical (unpaired) electrons. The maximum atomic E-state index is 6.66. The molecule has 0 spiro atoms. The van der Waals surface area contributed by atoms with E-state index in [9.17, 15) is 0 Å². The van der Waals surface area contributed by atoms with Gasteiger partial charge in [-0.25, -0.2) is 4.98 Å². The van der Waals surface area contributed by atoms with Crippen LogP contribution in [0, 0.1) is 0 Å². The summed E-state index contributed by atoms with van der Waals surface area (Å²) in [6.45, 7) is 0.0385. The van der Waals surface area contributed by atoms with Crippen molar-refractivity contribution >= 4 is 72.8 Å². The van der Waals surface area contributed by atoms with Crippen molar-refractivity contribution in [2.24, 2.45) is 0 Å². The standard InChI is InChI=1S/C49H29BN4O2/c1-2-14-32(15-3-1)53-39-21-8-9-22-40(39)54-41-26-25-35-34-17-4-7-20-38(34)52(48(35)47(41)51-49(53)54)33-16-12-13-30(27-33)31-28-44-46-45(29-31)56-43-24-11-6-19-37(43)50(46)36-18-5-10-23-42(36)55-44/h1-29H. The topological polar surface area (TPSA) is 45.6 Å². The fourth-order valence-electron chi connectivity index (χ4n) is 9.40. The maximum absolute atomic E-state index is 6.66. The van der Waals surface area contributed by atoms with Crippen LogP contribution in [0.1, 0.15) is 0 Å². The molecule has 0 atom stereocenters. The van der Waals surface area contributed by atoms with E-state index in [1.54, 1.807) is 0 Å². The van der Waals surface area contributed by atoms with E-state index in [2.05, 4.69) is 177 Å². The van der Waals surface area contributed by atoms with Crippen LogP contribution in [0.5, 0.6) is 23.0 Å². The number of imidazole rings is 2. The summed E-state index contributed by atoms with van der Waals surface area (Å²) < 4.78 is 20.3. The Labute approximate surface area is 321 Å². The second-order valence-corrected chi connectivity index (χ2v) is 14.7. The highest BCUT2D eigenvalue weighted by Gasteiger charge is 2.40. The molecule has 13 rings (SSSR count). The molecule has 2 aliphatic rings. The molecule has 0 saturated carbocycles. The van der Waals surface area contributed by atoms with Crippen LogP contribution in [0.25, 0.3) is 72.2 Å². The third-order valence-electron chi connectivity index (χ3n) is 11.7. The van der Waals surface area contributed by atoms with E-state index >= 15 is 0 Å². The van der Waals surface area contributed by atoms with E-state index in [1.165, 1.54) is 10.8 Å². The number of hydrogen-bond acceptors (Lipinski definition) is 3. The van der Waals surface area contributed by atoms with Gasteiger partial charge in [0.05, 0.1) is 27.6 Å². The molecule has 3 aromatic heterocycles. The van der Waals surface area contributed by atoms with Gasteiger partial charge in [-0.05, 0) is 101 Å². The van der Waals surface area contributed by atoms with Crippen molar-refractivity contribution in [1.29, 1.82) is 0 Å². The number of aromatic nitrogens is 4. The summed E-state index contributed by atoms with van der Waals surface area (Å²) in [6, 6.07) is 62.1. The molecule has 260 valence electrons. The summed E-state index contributed by atoms with van der Waals surface area (Å²) in [6.07, 6.45) is 0. The molecule has 0 bridgehead atoms. The van der Waals surface area contributed by atoms with Crippen LogP contribution in [0.3, 0.4) is 0 Å². The van der Waals surface area contributed by atoms with Crippen LogP contribution in [0.2, 0.25) is 0 Å². The third kappa shape index (κ3) is 3.98. The number of rotatable bonds is 3. The SMILES string of the molecule is c1ccc(-n2c3ccccc3n3c4ccc5c6ccccc6n(-c6cccc(-c7cc8c9c(c7)Oc7ccccc7B9c7ccccc7O8)c6)c5c4nc23)cc1. The lowest BCUT2D eigenvalue weighted by molar-refractivity contribution is 0.465. The Kier molecular flexibility index (Phi) is 5.89. The first kappa shape index (κ1) is 29.9. The molecule has 2 aliphatic heterocycles. The van der Waals surface area contributed by atoms with Gasteiger partial charge in [0.15, 0.2) is 0 Å². The lowest BCUT2D eigenvalue weighted by Gasteiger charge is -2.33. The van der Waals surface area contributed by atoms with Crippen molar-refractivity contribution in [2.45, 2.75) is 0 Å². The summed E-state index contributed by atoms with van der Waals surface area (Å²) >= 11 is 0. The molecule has 6 nitrogen and oxygen atoms in total.